The van der Waals surface area contributed by atoms with Gasteiger partial charge in [0.25, 0.3) is 0 Å². The van der Waals surface area contributed by atoms with Crippen LogP contribution in [0.5, 0.6) is 5.75 Å². The molecule has 0 aliphatic rings. The van der Waals surface area contributed by atoms with Gasteiger partial charge < -0.3 is 14.6 Å². The Kier molecular flexibility index (Phi) is 7.07. The quantitative estimate of drug-likeness (QED) is 0.501. The number of rotatable bonds is 7. The van der Waals surface area contributed by atoms with Crippen LogP contribution in [0.25, 0.3) is 0 Å². The summed E-state index contributed by atoms with van der Waals surface area (Å²) in [5, 5.41) is 13.1. The van der Waals surface area contributed by atoms with Crippen LogP contribution >= 0.6 is 46.6 Å². The molecule has 3 rings (SSSR count). The standard InChI is InChI=1S/C18H15Cl3N4O2S/c1-25-16(9-27-15-6-5-12(20)8-14(15)21)23-24-18(25)28-10-17(26)22-13-4-2-3-11(19)7-13/h2-8H,9-10H2,1H3,(H,22,26). The average Bonchev–Trinajstić information content (AvgIpc) is 2.99. The number of hydrogen-bond donors (Lipinski definition) is 1. The van der Waals surface area contributed by atoms with E-state index in [4.69, 9.17) is 39.5 Å². The molecule has 10 heteroatoms. The second-order valence-corrected chi connectivity index (χ2v) is 7.89. The van der Waals surface area contributed by atoms with E-state index in [0.717, 1.165) is 0 Å². The van der Waals surface area contributed by atoms with E-state index >= 15 is 0 Å². The van der Waals surface area contributed by atoms with Gasteiger partial charge >= 0.3 is 0 Å². The molecule has 0 spiro atoms. The second-order valence-electron chi connectivity index (χ2n) is 5.67. The molecule has 1 heterocycles. The van der Waals surface area contributed by atoms with E-state index in [2.05, 4.69) is 15.5 Å². The number of nitrogens with one attached hydrogen (secondary N) is 1. The van der Waals surface area contributed by atoms with Crippen molar-refractivity contribution in [1.29, 1.82) is 0 Å². The maximum atomic E-state index is 12.1. The summed E-state index contributed by atoms with van der Waals surface area (Å²) in [5.74, 6) is 1.12. The monoisotopic (exact) mass is 456 g/mol. The molecule has 28 heavy (non-hydrogen) atoms. The number of amides is 1. The van der Waals surface area contributed by atoms with Crippen molar-refractivity contribution in [1.82, 2.24) is 14.8 Å². The molecule has 0 aliphatic carbocycles. The van der Waals surface area contributed by atoms with Gasteiger partial charge in [-0.05, 0) is 36.4 Å². The number of nitrogens with zero attached hydrogens (tertiary/aromatic N) is 3. The minimum absolute atomic E-state index is 0.166. The summed E-state index contributed by atoms with van der Waals surface area (Å²) in [7, 11) is 1.80. The Balaban J connectivity index is 1.54. The fraction of sp³-hybridized carbons (Fsp3) is 0.167. The number of hydrogen-bond acceptors (Lipinski definition) is 5. The second kappa shape index (κ2) is 9.52. The molecule has 0 fully saturated rings. The highest BCUT2D eigenvalue weighted by Crippen LogP contribution is 2.28. The third kappa shape index (κ3) is 5.54. The first-order valence-electron chi connectivity index (χ1n) is 8.06. The molecule has 1 N–H and O–H groups in total. The van der Waals surface area contributed by atoms with Crippen molar-refractivity contribution in [3.63, 3.8) is 0 Å². The van der Waals surface area contributed by atoms with Crippen LogP contribution in [0.4, 0.5) is 5.69 Å². The smallest absolute Gasteiger partial charge is 0.234 e. The molecule has 1 amide bonds. The van der Waals surface area contributed by atoms with Crippen molar-refractivity contribution < 1.29 is 9.53 Å². The molecule has 0 saturated heterocycles. The van der Waals surface area contributed by atoms with E-state index in [0.29, 0.717) is 37.5 Å². The zero-order valence-electron chi connectivity index (χ0n) is 14.7. The SMILES string of the molecule is Cn1c(COc2ccc(Cl)cc2Cl)nnc1SCC(=O)Nc1cccc(Cl)c1. The normalized spacial score (nSPS) is 10.7. The number of halogens is 3. The highest BCUT2D eigenvalue weighted by Gasteiger charge is 2.13. The van der Waals surface area contributed by atoms with Crippen LogP contribution in [0.3, 0.4) is 0 Å². The molecule has 3 aromatic rings. The first-order valence-corrected chi connectivity index (χ1v) is 10.2. The minimum Gasteiger partial charge on any atom is -0.484 e. The van der Waals surface area contributed by atoms with E-state index in [1.807, 2.05) is 0 Å². The number of carbonyl (C=O) groups excluding carboxylic acids is 1. The van der Waals surface area contributed by atoms with Crippen LogP contribution < -0.4 is 10.1 Å². The summed E-state index contributed by atoms with van der Waals surface area (Å²) in [6, 6.07) is 12.0. The summed E-state index contributed by atoms with van der Waals surface area (Å²) in [5.41, 5.74) is 0.644. The lowest BCUT2D eigenvalue weighted by Crippen LogP contribution is -2.14. The molecule has 0 radical (unpaired) electrons. The Morgan fingerprint density at radius 3 is 2.68 bits per heavy atom. The van der Waals surface area contributed by atoms with E-state index in [1.165, 1.54) is 11.8 Å². The van der Waals surface area contributed by atoms with Crippen molar-refractivity contribution >= 4 is 58.2 Å². The molecule has 6 nitrogen and oxygen atoms in total. The van der Waals surface area contributed by atoms with Crippen LogP contribution in [0.1, 0.15) is 5.82 Å². The van der Waals surface area contributed by atoms with E-state index < -0.39 is 0 Å². The van der Waals surface area contributed by atoms with Gasteiger partial charge in [0, 0.05) is 22.8 Å². The summed E-state index contributed by atoms with van der Waals surface area (Å²) in [6.45, 7) is 0.181. The van der Waals surface area contributed by atoms with Crippen molar-refractivity contribution in [2.75, 3.05) is 11.1 Å². The highest BCUT2D eigenvalue weighted by molar-refractivity contribution is 7.99. The van der Waals surface area contributed by atoms with Gasteiger partial charge in [0.05, 0.1) is 10.8 Å². The predicted octanol–water partition coefficient (Wildman–Crippen LogP) is 5.09. The first-order chi connectivity index (χ1) is 13.4. The highest BCUT2D eigenvalue weighted by atomic mass is 35.5. The maximum absolute atomic E-state index is 12.1. The van der Waals surface area contributed by atoms with Crippen LogP contribution in [0.2, 0.25) is 15.1 Å². The van der Waals surface area contributed by atoms with Crippen LogP contribution in [0.15, 0.2) is 47.6 Å². The van der Waals surface area contributed by atoms with Crippen LogP contribution in [-0.4, -0.2) is 26.4 Å². The minimum atomic E-state index is -0.166. The number of thioether (sulfide) groups is 1. The maximum Gasteiger partial charge on any atom is 0.234 e. The van der Waals surface area contributed by atoms with Gasteiger partial charge in [-0.2, -0.15) is 0 Å². The molecule has 0 saturated carbocycles. The van der Waals surface area contributed by atoms with Gasteiger partial charge in [0.15, 0.2) is 11.0 Å². The van der Waals surface area contributed by atoms with Crippen molar-refractivity contribution in [3.8, 4) is 5.75 Å². The molecule has 0 bridgehead atoms. The third-order valence-electron chi connectivity index (χ3n) is 3.62. The van der Waals surface area contributed by atoms with Gasteiger partial charge in [0.1, 0.15) is 12.4 Å². The van der Waals surface area contributed by atoms with Crippen molar-refractivity contribution in [3.05, 3.63) is 63.4 Å². The van der Waals surface area contributed by atoms with Gasteiger partial charge in [0.2, 0.25) is 5.91 Å². The van der Waals surface area contributed by atoms with E-state index in [9.17, 15) is 4.79 Å². The molecule has 0 atom stereocenters. The number of carbonyl (C=O) groups is 1. The number of ether oxygens (including phenoxy) is 1. The fourth-order valence-corrected chi connectivity index (χ4v) is 3.61. The fourth-order valence-electron chi connectivity index (χ4n) is 2.22. The predicted molar refractivity (Wildman–Crippen MR) is 113 cm³/mol. The summed E-state index contributed by atoms with van der Waals surface area (Å²) < 4.78 is 7.44. The van der Waals surface area contributed by atoms with E-state index in [1.54, 1.807) is 54.1 Å². The Hall–Kier alpha value is -1.93. The topological polar surface area (TPSA) is 69.0 Å². The van der Waals surface area contributed by atoms with E-state index in [-0.39, 0.29) is 18.3 Å². The number of aromatic nitrogens is 3. The van der Waals surface area contributed by atoms with Crippen LogP contribution in [0, 0.1) is 0 Å². The molecular formula is C18H15Cl3N4O2S. The molecule has 0 unspecified atom stereocenters. The third-order valence-corrected chi connectivity index (χ3v) is 5.40. The number of anilines is 1. The molecule has 0 aliphatic heterocycles. The zero-order valence-corrected chi connectivity index (χ0v) is 17.7. The summed E-state index contributed by atoms with van der Waals surface area (Å²) in [6.07, 6.45) is 0. The number of benzene rings is 2. The molecule has 2 aromatic carbocycles. The lowest BCUT2D eigenvalue weighted by Gasteiger charge is -2.08. The molecule has 146 valence electrons. The van der Waals surface area contributed by atoms with Gasteiger partial charge in [-0.3, -0.25) is 4.79 Å². The van der Waals surface area contributed by atoms with Crippen molar-refractivity contribution in [2.24, 2.45) is 7.05 Å². The Labute approximate surface area is 181 Å². The van der Waals surface area contributed by atoms with Gasteiger partial charge in [-0.15, -0.1) is 10.2 Å². The Bertz CT molecular complexity index is 997. The summed E-state index contributed by atoms with van der Waals surface area (Å²) >= 11 is 19.1. The van der Waals surface area contributed by atoms with Crippen LogP contribution in [-0.2, 0) is 18.4 Å². The van der Waals surface area contributed by atoms with Gasteiger partial charge in [-0.1, -0.05) is 52.6 Å². The lowest BCUT2D eigenvalue weighted by atomic mass is 10.3. The first kappa shape index (κ1) is 20.8. The van der Waals surface area contributed by atoms with Crippen molar-refractivity contribution in [2.45, 2.75) is 11.8 Å². The molecular weight excluding hydrogens is 443 g/mol. The van der Waals surface area contributed by atoms with Gasteiger partial charge in [-0.25, -0.2) is 0 Å². The summed E-state index contributed by atoms with van der Waals surface area (Å²) in [4.78, 5) is 12.1. The lowest BCUT2D eigenvalue weighted by molar-refractivity contribution is -0.113. The molecule has 1 aromatic heterocycles. The Morgan fingerprint density at radius 2 is 1.93 bits per heavy atom. The largest absolute Gasteiger partial charge is 0.484 e. The zero-order chi connectivity index (χ0) is 20.1. The average molecular weight is 458 g/mol. The Morgan fingerprint density at radius 1 is 1.14 bits per heavy atom.